The van der Waals surface area contributed by atoms with Crippen molar-refractivity contribution in [2.45, 2.75) is 25.9 Å². The molecule has 0 unspecified atom stereocenters. The fourth-order valence-corrected chi connectivity index (χ4v) is 3.18. The zero-order valence-corrected chi connectivity index (χ0v) is 17.7. The predicted octanol–water partition coefficient (Wildman–Crippen LogP) is 6.64. The fraction of sp³-hybridized carbons (Fsp3) is 0.273. The molecular weight excluding hydrogens is 413 g/mol. The van der Waals surface area contributed by atoms with Crippen LogP contribution in [0.15, 0.2) is 54.7 Å². The van der Waals surface area contributed by atoms with E-state index in [1.165, 1.54) is 17.5 Å². The highest BCUT2D eigenvalue weighted by Crippen LogP contribution is 2.38. The molecule has 0 bridgehead atoms. The van der Waals surface area contributed by atoms with Gasteiger partial charge in [-0.15, -0.1) is 0 Å². The molecule has 4 nitrogen and oxygen atoms in total. The first kappa shape index (κ1) is 21.9. The number of aryl methyl sites for hydroxylation is 1. The Balaban J connectivity index is 2.00. The van der Waals surface area contributed by atoms with E-state index in [1.807, 2.05) is 24.3 Å². The average Bonchev–Trinajstić information content (AvgIpc) is 2.73. The number of hydrogen-bond acceptors (Lipinski definition) is 4. The highest BCUT2D eigenvalue weighted by Gasteiger charge is 2.37. The van der Waals surface area contributed by atoms with Crippen molar-refractivity contribution < 1.29 is 13.2 Å². The van der Waals surface area contributed by atoms with Crippen molar-refractivity contribution in [1.82, 2.24) is 9.97 Å². The lowest BCUT2D eigenvalue weighted by Gasteiger charge is -2.25. The third-order valence-electron chi connectivity index (χ3n) is 4.76. The first-order chi connectivity index (χ1) is 14.2. The zero-order valence-electron chi connectivity index (χ0n) is 16.9. The summed E-state index contributed by atoms with van der Waals surface area (Å²) < 4.78 is 40.9. The number of aromatic nitrogens is 2. The molecule has 1 aromatic heterocycles. The van der Waals surface area contributed by atoms with E-state index >= 15 is 0 Å². The molecule has 1 heterocycles. The van der Waals surface area contributed by atoms with Gasteiger partial charge in [-0.2, -0.15) is 18.2 Å². The largest absolute Gasteiger partial charge is 0.421 e. The number of alkyl halides is 3. The highest BCUT2D eigenvalue weighted by molar-refractivity contribution is 6.30. The van der Waals surface area contributed by atoms with Crippen LogP contribution < -0.4 is 9.80 Å². The summed E-state index contributed by atoms with van der Waals surface area (Å²) >= 11 is 5.90. The van der Waals surface area contributed by atoms with Gasteiger partial charge < -0.3 is 9.80 Å². The van der Waals surface area contributed by atoms with Gasteiger partial charge >= 0.3 is 6.18 Å². The Kier molecular flexibility index (Phi) is 6.51. The maximum Gasteiger partial charge on any atom is 0.421 e. The molecule has 0 atom stereocenters. The van der Waals surface area contributed by atoms with Crippen LogP contribution in [0.4, 0.5) is 36.3 Å². The number of hydrogen-bond donors (Lipinski definition) is 0. The molecule has 0 amide bonds. The molecule has 30 heavy (non-hydrogen) atoms. The Bertz CT molecular complexity index is 989. The molecule has 0 saturated heterocycles. The van der Waals surface area contributed by atoms with Gasteiger partial charge in [-0.25, -0.2) is 4.98 Å². The van der Waals surface area contributed by atoms with Crippen LogP contribution in [0.1, 0.15) is 24.5 Å². The fourth-order valence-electron chi connectivity index (χ4n) is 3.06. The van der Waals surface area contributed by atoms with Gasteiger partial charge in [-0.05, 0) is 48.4 Å². The maximum atomic E-state index is 13.6. The van der Waals surface area contributed by atoms with Crippen molar-refractivity contribution in [2.75, 3.05) is 23.9 Å². The lowest BCUT2D eigenvalue weighted by atomic mass is 10.1. The van der Waals surface area contributed by atoms with Crippen LogP contribution in [0.2, 0.25) is 5.02 Å². The van der Waals surface area contributed by atoms with Crippen LogP contribution in [0.5, 0.6) is 0 Å². The van der Waals surface area contributed by atoms with E-state index < -0.39 is 11.7 Å². The van der Waals surface area contributed by atoms with Gasteiger partial charge in [0.05, 0.1) is 0 Å². The minimum absolute atomic E-state index is 0.169. The zero-order chi connectivity index (χ0) is 21.9. The van der Waals surface area contributed by atoms with E-state index in [-0.39, 0.29) is 11.8 Å². The Morgan fingerprint density at radius 1 is 0.900 bits per heavy atom. The molecule has 0 N–H and O–H groups in total. The predicted molar refractivity (Wildman–Crippen MR) is 115 cm³/mol. The summed E-state index contributed by atoms with van der Waals surface area (Å²) in [6.45, 7) is 2.11. The number of rotatable bonds is 6. The SMILES string of the molecule is CCCc1ccc(N(C)c2ncc(C(F)(F)F)c(N(C)c3ccc(Cl)cc3)n2)cc1. The lowest BCUT2D eigenvalue weighted by molar-refractivity contribution is -0.137. The molecule has 0 saturated carbocycles. The Hall–Kier alpha value is -2.80. The van der Waals surface area contributed by atoms with E-state index in [9.17, 15) is 13.2 Å². The van der Waals surface area contributed by atoms with Gasteiger partial charge in [0.15, 0.2) is 5.82 Å². The summed E-state index contributed by atoms with van der Waals surface area (Å²) in [6, 6.07) is 14.3. The molecule has 0 aliphatic heterocycles. The summed E-state index contributed by atoms with van der Waals surface area (Å²) in [5.41, 5.74) is 1.61. The molecule has 0 spiro atoms. The first-order valence-corrected chi connectivity index (χ1v) is 9.84. The Morgan fingerprint density at radius 3 is 2.03 bits per heavy atom. The molecule has 0 aliphatic rings. The van der Waals surface area contributed by atoms with Crippen molar-refractivity contribution in [1.29, 1.82) is 0 Å². The second-order valence-electron chi connectivity index (χ2n) is 6.92. The molecular formula is C22H22ClF3N4. The number of nitrogens with zero attached hydrogens (tertiary/aromatic N) is 4. The van der Waals surface area contributed by atoms with E-state index in [0.717, 1.165) is 24.7 Å². The summed E-state index contributed by atoms with van der Waals surface area (Å²) in [4.78, 5) is 11.3. The highest BCUT2D eigenvalue weighted by atomic mass is 35.5. The maximum absolute atomic E-state index is 13.6. The average molecular weight is 435 g/mol. The summed E-state index contributed by atoms with van der Waals surface area (Å²) in [6.07, 6.45) is -1.75. The molecule has 0 radical (unpaired) electrons. The first-order valence-electron chi connectivity index (χ1n) is 9.47. The Labute approximate surface area is 178 Å². The third kappa shape index (κ3) is 4.84. The summed E-state index contributed by atoms with van der Waals surface area (Å²) in [5, 5.41) is 0.498. The molecule has 3 rings (SSSR count). The smallest absolute Gasteiger partial charge is 0.329 e. The van der Waals surface area contributed by atoms with E-state index in [1.54, 1.807) is 36.2 Å². The van der Waals surface area contributed by atoms with Crippen LogP contribution >= 0.6 is 11.6 Å². The molecule has 158 valence electrons. The standard InChI is InChI=1S/C22H22ClF3N4/c1-4-5-15-6-10-18(11-7-15)30(3)21-27-14-19(22(24,25)26)20(28-21)29(2)17-12-8-16(23)9-13-17/h6-14H,4-5H2,1-3H3. The van der Waals surface area contributed by atoms with Crippen LogP contribution in [-0.2, 0) is 12.6 Å². The van der Waals surface area contributed by atoms with Gasteiger partial charge in [0.25, 0.3) is 0 Å². The van der Waals surface area contributed by atoms with Crippen LogP contribution in [-0.4, -0.2) is 24.1 Å². The van der Waals surface area contributed by atoms with Gasteiger partial charge in [-0.3, -0.25) is 0 Å². The van der Waals surface area contributed by atoms with Crippen molar-refractivity contribution in [3.05, 3.63) is 70.9 Å². The van der Waals surface area contributed by atoms with E-state index in [0.29, 0.717) is 10.7 Å². The summed E-state index contributed by atoms with van der Waals surface area (Å²) in [7, 11) is 3.26. The van der Waals surface area contributed by atoms with Gasteiger partial charge in [0.1, 0.15) is 5.56 Å². The number of anilines is 4. The molecule has 8 heteroatoms. The Morgan fingerprint density at radius 2 is 1.47 bits per heavy atom. The van der Waals surface area contributed by atoms with Crippen LogP contribution in [0.3, 0.4) is 0 Å². The van der Waals surface area contributed by atoms with Crippen LogP contribution in [0, 0.1) is 0 Å². The van der Waals surface area contributed by atoms with Gasteiger partial charge in [-0.1, -0.05) is 37.1 Å². The minimum atomic E-state index is -4.59. The topological polar surface area (TPSA) is 32.3 Å². The third-order valence-corrected chi connectivity index (χ3v) is 5.01. The van der Waals surface area contributed by atoms with Crippen molar-refractivity contribution in [3.63, 3.8) is 0 Å². The summed E-state index contributed by atoms with van der Waals surface area (Å²) in [5.74, 6) is -0.0636. The monoisotopic (exact) mass is 434 g/mol. The van der Waals surface area contributed by atoms with Gasteiger partial charge in [0, 0.05) is 36.7 Å². The molecule has 2 aromatic carbocycles. The van der Waals surface area contributed by atoms with Crippen molar-refractivity contribution in [3.8, 4) is 0 Å². The van der Waals surface area contributed by atoms with Gasteiger partial charge in [0.2, 0.25) is 5.95 Å². The lowest BCUT2D eigenvalue weighted by Crippen LogP contribution is -2.21. The molecule has 0 aliphatic carbocycles. The normalized spacial score (nSPS) is 11.4. The van der Waals surface area contributed by atoms with Crippen LogP contribution in [0.25, 0.3) is 0 Å². The number of halogens is 4. The van der Waals surface area contributed by atoms with Crippen molar-refractivity contribution in [2.24, 2.45) is 0 Å². The van der Waals surface area contributed by atoms with E-state index in [2.05, 4.69) is 16.9 Å². The minimum Gasteiger partial charge on any atom is -0.329 e. The second-order valence-corrected chi connectivity index (χ2v) is 7.35. The quantitative estimate of drug-likeness (QED) is 0.435. The second kappa shape index (κ2) is 8.92. The number of benzene rings is 2. The molecule has 0 fully saturated rings. The van der Waals surface area contributed by atoms with Crippen molar-refractivity contribution >= 4 is 34.7 Å². The van der Waals surface area contributed by atoms with E-state index in [4.69, 9.17) is 11.6 Å². The molecule has 3 aromatic rings.